The minimum Gasteiger partial charge on any atom is -0.467 e. The Morgan fingerprint density at radius 3 is 2.53 bits per heavy atom. The molecular formula is C23H20FNO6S. The van der Waals surface area contributed by atoms with E-state index in [1.54, 1.807) is 30.3 Å². The number of nitrogens with zero attached hydrogens (tertiary/aromatic N) is 1. The van der Waals surface area contributed by atoms with Crippen LogP contribution in [0.5, 0.6) is 5.75 Å². The molecule has 9 heteroatoms. The molecule has 0 amide bonds. The topological polar surface area (TPSA) is 82.1 Å². The monoisotopic (exact) mass is 457 g/mol. The fourth-order valence-corrected chi connectivity index (χ4v) is 4.48. The normalized spacial score (nSPS) is 13.1. The van der Waals surface area contributed by atoms with Gasteiger partial charge in [0, 0.05) is 18.2 Å². The van der Waals surface area contributed by atoms with Gasteiger partial charge in [-0.25, -0.2) is 17.6 Å². The number of benzene rings is 3. The Hall–Kier alpha value is -3.43. The first-order valence-corrected chi connectivity index (χ1v) is 11.1. The van der Waals surface area contributed by atoms with E-state index < -0.39 is 21.8 Å². The van der Waals surface area contributed by atoms with Gasteiger partial charge in [0.05, 0.1) is 22.8 Å². The predicted octanol–water partition coefficient (Wildman–Crippen LogP) is 3.87. The summed E-state index contributed by atoms with van der Waals surface area (Å²) in [6.45, 7) is 0.0457. The van der Waals surface area contributed by atoms with Gasteiger partial charge in [-0.1, -0.05) is 18.2 Å². The van der Waals surface area contributed by atoms with Crippen LogP contribution in [-0.4, -0.2) is 28.2 Å². The number of rotatable bonds is 6. The van der Waals surface area contributed by atoms with Crippen molar-refractivity contribution in [1.82, 2.24) is 0 Å². The number of hydrogen-bond acceptors (Lipinski definition) is 6. The van der Waals surface area contributed by atoms with Crippen molar-refractivity contribution in [3.05, 3.63) is 89.2 Å². The number of hydrogen-bond donors (Lipinski definition) is 0. The minimum absolute atomic E-state index is 0.0347. The van der Waals surface area contributed by atoms with E-state index in [1.807, 2.05) is 0 Å². The second-order valence-electron chi connectivity index (χ2n) is 7.07. The quantitative estimate of drug-likeness (QED) is 0.523. The van der Waals surface area contributed by atoms with E-state index in [0.29, 0.717) is 22.6 Å². The largest absolute Gasteiger partial charge is 0.467 e. The van der Waals surface area contributed by atoms with E-state index in [9.17, 15) is 17.6 Å². The Bertz CT molecular complexity index is 1230. The zero-order valence-electron chi connectivity index (χ0n) is 17.2. The fourth-order valence-electron chi connectivity index (χ4n) is 3.29. The first kappa shape index (κ1) is 21.8. The van der Waals surface area contributed by atoms with Crippen molar-refractivity contribution < 1.29 is 31.8 Å². The van der Waals surface area contributed by atoms with Crippen molar-refractivity contribution in [2.24, 2.45) is 0 Å². The van der Waals surface area contributed by atoms with Crippen LogP contribution >= 0.6 is 0 Å². The molecule has 0 aromatic heterocycles. The van der Waals surface area contributed by atoms with E-state index in [4.69, 9.17) is 14.2 Å². The molecule has 3 aromatic carbocycles. The van der Waals surface area contributed by atoms with Crippen LogP contribution in [0.25, 0.3) is 0 Å². The van der Waals surface area contributed by atoms with Crippen LogP contribution in [0, 0.1) is 5.82 Å². The summed E-state index contributed by atoms with van der Waals surface area (Å²) in [5.74, 6) is -0.715. The van der Waals surface area contributed by atoms with Crippen LogP contribution in [0.3, 0.4) is 0 Å². The van der Waals surface area contributed by atoms with Crippen molar-refractivity contribution in [3.63, 3.8) is 0 Å². The lowest BCUT2D eigenvalue weighted by Gasteiger charge is -2.21. The minimum atomic E-state index is -3.79. The number of halogens is 1. The fraction of sp³-hybridized carbons (Fsp3) is 0.174. The molecule has 1 aliphatic heterocycles. The van der Waals surface area contributed by atoms with Gasteiger partial charge >= 0.3 is 5.97 Å². The summed E-state index contributed by atoms with van der Waals surface area (Å²) < 4.78 is 56.5. The lowest BCUT2D eigenvalue weighted by atomic mass is 10.1. The highest BCUT2D eigenvalue weighted by Crippen LogP contribution is 2.30. The van der Waals surface area contributed by atoms with Crippen molar-refractivity contribution in [3.8, 4) is 5.75 Å². The molecule has 3 aromatic rings. The Morgan fingerprint density at radius 1 is 1.09 bits per heavy atom. The summed E-state index contributed by atoms with van der Waals surface area (Å²) in [6, 6.07) is 16.6. The summed E-state index contributed by atoms with van der Waals surface area (Å²) in [5.41, 5.74) is 1.61. The number of para-hydroxylation sites is 1. The molecule has 0 fully saturated rings. The van der Waals surface area contributed by atoms with Gasteiger partial charge < -0.3 is 14.2 Å². The molecule has 0 unspecified atom stereocenters. The molecule has 0 radical (unpaired) electrons. The first-order chi connectivity index (χ1) is 15.4. The summed E-state index contributed by atoms with van der Waals surface area (Å²) in [7, 11) is -2.34. The summed E-state index contributed by atoms with van der Waals surface area (Å²) in [5, 5.41) is 0. The maximum Gasteiger partial charge on any atom is 0.338 e. The number of esters is 1. The summed E-state index contributed by atoms with van der Waals surface area (Å²) in [4.78, 5) is 12.5. The van der Waals surface area contributed by atoms with Crippen molar-refractivity contribution in [2.45, 2.75) is 18.1 Å². The van der Waals surface area contributed by atoms with E-state index in [1.165, 1.54) is 43.4 Å². The highest BCUT2D eigenvalue weighted by atomic mass is 32.2. The Morgan fingerprint density at radius 2 is 1.81 bits per heavy atom. The van der Waals surface area contributed by atoms with Crippen molar-refractivity contribution >= 4 is 21.7 Å². The van der Waals surface area contributed by atoms with E-state index in [2.05, 4.69) is 0 Å². The molecule has 4 rings (SSSR count). The Kier molecular flexibility index (Phi) is 6.11. The number of carbonyl (C=O) groups excluding carboxylic acids is 1. The van der Waals surface area contributed by atoms with Crippen LogP contribution in [-0.2, 0) is 32.7 Å². The van der Waals surface area contributed by atoms with Crippen LogP contribution in [0.15, 0.2) is 71.6 Å². The number of fused-ring (bicyclic) bond motifs is 1. The lowest BCUT2D eigenvalue weighted by Crippen LogP contribution is -2.26. The standard InChI is InChI=1S/C23H20FNO6S/c1-25(20-5-3-2-4-6-20)32(27,28)21-9-7-16(8-10-21)23(26)30-14-18-12-19(24)11-17-13-29-15-31-22(17)18/h2-12H,13-15H2,1H3. The molecular weight excluding hydrogens is 437 g/mol. The molecule has 0 spiro atoms. The highest BCUT2D eigenvalue weighted by molar-refractivity contribution is 7.92. The SMILES string of the molecule is CN(c1ccccc1)S(=O)(=O)c1ccc(C(=O)OCc2cc(F)cc3c2OCOC3)cc1. The maximum atomic E-state index is 13.8. The van der Waals surface area contributed by atoms with Gasteiger partial charge in [-0.05, 0) is 48.5 Å². The molecule has 0 saturated heterocycles. The zero-order chi connectivity index (χ0) is 22.7. The molecule has 32 heavy (non-hydrogen) atoms. The number of anilines is 1. The number of carbonyl (C=O) groups is 1. The molecule has 0 N–H and O–H groups in total. The predicted molar refractivity (Wildman–Crippen MR) is 114 cm³/mol. The third-order valence-electron chi connectivity index (χ3n) is 4.98. The summed E-state index contributed by atoms with van der Waals surface area (Å²) >= 11 is 0. The summed E-state index contributed by atoms with van der Waals surface area (Å²) in [6.07, 6.45) is 0. The second-order valence-corrected chi connectivity index (χ2v) is 9.04. The average Bonchev–Trinajstić information content (AvgIpc) is 2.82. The van der Waals surface area contributed by atoms with E-state index >= 15 is 0 Å². The van der Waals surface area contributed by atoms with Gasteiger partial charge in [0.25, 0.3) is 10.0 Å². The molecule has 0 aliphatic carbocycles. The molecule has 7 nitrogen and oxygen atoms in total. The number of ether oxygens (including phenoxy) is 3. The third kappa shape index (κ3) is 4.44. The van der Waals surface area contributed by atoms with Gasteiger partial charge in [0.2, 0.25) is 0 Å². The molecule has 0 bridgehead atoms. The van der Waals surface area contributed by atoms with Crippen LogP contribution < -0.4 is 9.04 Å². The highest BCUT2D eigenvalue weighted by Gasteiger charge is 2.22. The van der Waals surface area contributed by atoms with Crippen molar-refractivity contribution in [1.29, 1.82) is 0 Å². The van der Waals surface area contributed by atoms with E-state index in [0.717, 1.165) is 4.31 Å². The van der Waals surface area contributed by atoms with Crippen LogP contribution in [0.2, 0.25) is 0 Å². The second kappa shape index (κ2) is 8.97. The average molecular weight is 457 g/mol. The zero-order valence-corrected chi connectivity index (χ0v) is 18.0. The molecule has 1 aliphatic rings. The Labute approximate surface area is 185 Å². The lowest BCUT2D eigenvalue weighted by molar-refractivity contribution is -0.0182. The first-order valence-electron chi connectivity index (χ1n) is 9.69. The molecule has 0 atom stereocenters. The third-order valence-corrected chi connectivity index (χ3v) is 6.78. The van der Waals surface area contributed by atoms with Gasteiger partial charge in [0.15, 0.2) is 6.79 Å². The molecule has 1 heterocycles. The van der Waals surface area contributed by atoms with Crippen LogP contribution in [0.1, 0.15) is 21.5 Å². The van der Waals surface area contributed by atoms with Gasteiger partial charge in [-0.15, -0.1) is 0 Å². The van der Waals surface area contributed by atoms with E-state index in [-0.39, 0.29) is 30.5 Å². The van der Waals surface area contributed by atoms with Gasteiger partial charge in [0.1, 0.15) is 18.2 Å². The van der Waals surface area contributed by atoms with Gasteiger partial charge in [-0.2, -0.15) is 0 Å². The molecule has 166 valence electrons. The Balaban J connectivity index is 1.47. The van der Waals surface area contributed by atoms with Crippen molar-refractivity contribution in [2.75, 3.05) is 18.1 Å². The smallest absolute Gasteiger partial charge is 0.338 e. The number of sulfonamides is 1. The maximum absolute atomic E-state index is 13.8. The van der Waals surface area contributed by atoms with Gasteiger partial charge in [-0.3, -0.25) is 4.31 Å². The van der Waals surface area contributed by atoms with Crippen LogP contribution in [0.4, 0.5) is 10.1 Å². The molecule has 0 saturated carbocycles.